The van der Waals surface area contributed by atoms with Gasteiger partial charge in [0.2, 0.25) is 0 Å². The van der Waals surface area contributed by atoms with E-state index in [2.05, 4.69) is 10.1 Å². The molecule has 162 valence electrons. The number of nitriles is 1. The van der Waals surface area contributed by atoms with Crippen molar-refractivity contribution in [1.29, 1.82) is 5.26 Å². The first-order chi connectivity index (χ1) is 14.5. The molecule has 2 aromatic carbocycles. The van der Waals surface area contributed by atoms with Gasteiger partial charge in [-0.25, -0.2) is 4.79 Å². The quantitative estimate of drug-likeness (QED) is 0.415. The minimum Gasteiger partial charge on any atom is -0.481 e. The molecule has 0 radical (unpaired) electrons. The van der Waals surface area contributed by atoms with Crippen molar-refractivity contribution in [3.05, 3.63) is 64.2 Å². The van der Waals surface area contributed by atoms with Crippen molar-refractivity contribution >= 4 is 23.6 Å². The highest BCUT2D eigenvalue weighted by Gasteiger charge is 2.30. The molecule has 1 N–H and O–H groups in total. The Kier molecular flexibility index (Phi) is 7.42. The minimum atomic E-state index is -4.55. The van der Waals surface area contributed by atoms with E-state index in [1.54, 1.807) is 32.0 Å². The van der Waals surface area contributed by atoms with Crippen molar-refractivity contribution in [2.45, 2.75) is 20.0 Å². The topological polar surface area (TPSA) is 88.4 Å². The Morgan fingerprint density at radius 2 is 1.81 bits per heavy atom. The second kappa shape index (κ2) is 9.80. The lowest BCUT2D eigenvalue weighted by Crippen LogP contribution is -2.14. The number of nitrogens with zero attached hydrogens (tertiary/aromatic N) is 1. The normalized spacial score (nSPS) is 11.5. The van der Waals surface area contributed by atoms with E-state index in [-0.39, 0.29) is 17.9 Å². The van der Waals surface area contributed by atoms with Gasteiger partial charge in [0.15, 0.2) is 6.61 Å². The number of carbonyl (C=O) groups excluding carboxylic acids is 2. The highest BCUT2D eigenvalue weighted by Crippen LogP contribution is 2.31. The average molecular weight is 432 g/mol. The number of anilines is 1. The van der Waals surface area contributed by atoms with Crippen molar-refractivity contribution in [2.75, 3.05) is 19.0 Å². The third-order valence-corrected chi connectivity index (χ3v) is 4.17. The summed E-state index contributed by atoms with van der Waals surface area (Å²) in [5.41, 5.74) is 0.536. The fourth-order valence-corrected chi connectivity index (χ4v) is 2.77. The number of hydrogen-bond donors (Lipinski definition) is 1. The molecule has 31 heavy (non-hydrogen) atoms. The van der Waals surface area contributed by atoms with Crippen molar-refractivity contribution in [3.63, 3.8) is 0 Å². The Hall–Kier alpha value is -3.80. The number of carbonyl (C=O) groups is 2. The molecule has 0 aliphatic heterocycles. The molecule has 0 aromatic heterocycles. The van der Waals surface area contributed by atoms with Crippen molar-refractivity contribution in [3.8, 4) is 11.8 Å². The Balaban J connectivity index is 2.24. The van der Waals surface area contributed by atoms with E-state index in [1.807, 2.05) is 0 Å². The summed E-state index contributed by atoms with van der Waals surface area (Å²) in [5, 5.41) is 11.6. The Labute approximate surface area is 176 Å². The highest BCUT2D eigenvalue weighted by molar-refractivity contribution is 6.09. The van der Waals surface area contributed by atoms with Crippen LogP contribution in [-0.4, -0.2) is 25.6 Å². The van der Waals surface area contributed by atoms with Gasteiger partial charge in [-0.2, -0.15) is 18.4 Å². The van der Waals surface area contributed by atoms with Crippen LogP contribution in [0.15, 0.2) is 42.0 Å². The number of rotatable bonds is 6. The maximum absolute atomic E-state index is 12.8. The fraction of sp³-hybridized carbons (Fsp3) is 0.227. The third kappa shape index (κ3) is 6.34. The smallest absolute Gasteiger partial charge is 0.416 e. The van der Waals surface area contributed by atoms with Gasteiger partial charge in [-0.15, -0.1) is 0 Å². The first-order valence-electron chi connectivity index (χ1n) is 8.96. The molecule has 0 saturated carbocycles. The van der Waals surface area contributed by atoms with Crippen LogP contribution in [0.5, 0.6) is 5.75 Å². The first kappa shape index (κ1) is 23.5. The predicted octanol–water partition coefficient (Wildman–Crippen LogP) is 4.42. The van der Waals surface area contributed by atoms with Gasteiger partial charge in [-0.1, -0.05) is 6.07 Å². The second-order valence-corrected chi connectivity index (χ2v) is 6.55. The highest BCUT2D eigenvalue weighted by atomic mass is 19.4. The van der Waals surface area contributed by atoms with Crippen LogP contribution in [0.2, 0.25) is 0 Å². The number of amides is 1. The molecule has 1 amide bonds. The van der Waals surface area contributed by atoms with Crippen LogP contribution in [0, 0.1) is 25.2 Å². The minimum absolute atomic E-state index is 0.0834. The average Bonchev–Trinajstić information content (AvgIpc) is 2.70. The number of esters is 1. The number of methoxy groups -OCH3 is 1. The molecular formula is C22H19F3N2O4. The van der Waals surface area contributed by atoms with Crippen LogP contribution in [-0.2, 0) is 20.5 Å². The molecule has 0 spiro atoms. The molecule has 0 bridgehead atoms. The lowest BCUT2D eigenvalue weighted by Gasteiger charge is -2.12. The van der Waals surface area contributed by atoms with E-state index in [0.29, 0.717) is 22.4 Å². The van der Waals surface area contributed by atoms with E-state index in [1.165, 1.54) is 19.3 Å². The monoisotopic (exact) mass is 432 g/mol. The predicted molar refractivity (Wildman–Crippen MR) is 107 cm³/mol. The molecule has 0 unspecified atom stereocenters. The van der Waals surface area contributed by atoms with Gasteiger partial charge >= 0.3 is 12.1 Å². The molecule has 0 atom stereocenters. The Morgan fingerprint density at radius 3 is 2.35 bits per heavy atom. The summed E-state index contributed by atoms with van der Waals surface area (Å²) in [6.07, 6.45) is -3.24. The van der Waals surface area contributed by atoms with E-state index >= 15 is 0 Å². The number of benzene rings is 2. The van der Waals surface area contributed by atoms with E-state index < -0.39 is 23.6 Å². The van der Waals surface area contributed by atoms with Gasteiger partial charge in [0.1, 0.15) is 17.4 Å². The molecule has 0 saturated heterocycles. The largest absolute Gasteiger partial charge is 0.481 e. The summed E-state index contributed by atoms with van der Waals surface area (Å²) in [6.45, 7) is 3.19. The molecule has 0 heterocycles. The van der Waals surface area contributed by atoms with E-state index in [4.69, 9.17) is 4.74 Å². The molecule has 0 aliphatic carbocycles. The van der Waals surface area contributed by atoms with Gasteiger partial charge in [-0.3, -0.25) is 4.79 Å². The number of aryl methyl sites for hydroxylation is 2. The summed E-state index contributed by atoms with van der Waals surface area (Å²) in [6, 6.07) is 9.17. The lowest BCUT2D eigenvalue weighted by atomic mass is 10.0. The molecule has 9 heteroatoms. The molecule has 0 fully saturated rings. The maximum Gasteiger partial charge on any atom is 0.416 e. The zero-order valence-corrected chi connectivity index (χ0v) is 17.0. The summed E-state index contributed by atoms with van der Waals surface area (Å²) < 4.78 is 48.5. The van der Waals surface area contributed by atoms with Crippen molar-refractivity contribution < 1.29 is 32.2 Å². The molecule has 2 rings (SSSR count). The van der Waals surface area contributed by atoms with Gasteiger partial charge in [0.05, 0.1) is 12.7 Å². The van der Waals surface area contributed by atoms with Crippen molar-refractivity contribution in [1.82, 2.24) is 0 Å². The summed E-state index contributed by atoms with van der Waals surface area (Å²) in [5.74, 6) is -0.918. The molecule has 0 aliphatic rings. The summed E-state index contributed by atoms with van der Waals surface area (Å²) in [7, 11) is 1.24. The zero-order chi connectivity index (χ0) is 23.2. The number of hydrogen-bond acceptors (Lipinski definition) is 5. The fourth-order valence-electron chi connectivity index (χ4n) is 2.77. The van der Waals surface area contributed by atoms with E-state index in [9.17, 15) is 28.0 Å². The van der Waals surface area contributed by atoms with Crippen LogP contribution in [0.3, 0.4) is 0 Å². The van der Waals surface area contributed by atoms with Crippen LogP contribution in [0.1, 0.15) is 22.3 Å². The third-order valence-electron chi connectivity index (χ3n) is 4.17. The molecule has 2 aromatic rings. The number of ether oxygens (including phenoxy) is 2. The van der Waals surface area contributed by atoms with Gasteiger partial charge in [0.25, 0.3) is 5.91 Å². The van der Waals surface area contributed by atoms with Crippen LogP contribution in [0.4, 0.5) is 18.9 Å². The number of alkyl halides is 3. The standard InChI is InChI=1S/C22H19F3N2O4/c1-13-7-15(8-14(2)20(13)31-12-19(28)30-3)9-16(11-26)21(29)27-18-6-4-5-17(10-18)22(23,24)25/h4-10H,12H2,1-3H3,(H,27,29). The summed E-state index contributed by atoms with van der Waals surface area (Å²) in [4.78, 5) is 23.7. The van der Waals surface area contributed by atoms with Crippen molar-refractivity contribution in [2.24, 2.45) is 0 Å². The SMILES string of the molecule is COC(=O)COc1c(C)cc(C=C(C#N)C(=O)Nc2cccc(C(F)(F)F)c2)cc1C. The van der Waals surface area contributed by atoms with Crippen LogP contribution in [0.25, 0.3) is 6.08 Å². The number of nitrogens with one attached hydrogen (secondary N) is 1. The number of halogens is 3. The second-order valence-electron chi connectivity index (χ2n) is 6.55. The Morgan fingerprint density at radius 1 is 1.16 bits per heavy atom. The zero-order valence-electron chi connectivity index (χ0n) is 17.0. The maximum atomic E-state index is 12.8. The Bertz CT molecular complexity index is 1050. The molecule has 6 nitrogen and oxygen atoms in total. The van der Waals surface area contributed by atoms with Gasteiger partial charge in [-0.05, 0) is 66.9 Å². The van der Waals surface area contributed by atoms with E-state index in [0.717, 1.165) is 18.2 Å². The lowest BCUT2D eigenvalue weighted by molar-refractivity contribution is -0.143. The van der Waals surface area contributed by atoms with Crippen LogP contribution >= 0.6 is 0 Å². The summed E-state index contributed by atoms with van der Waals surface area (Å²) >= 11 is 0. The first-order valence-corrected chi connectivity index (χ1v) is 8.96. The van der Waals surface area contributed by atoms with Gasteiger partial charge < -0.3 is 14.8 Å². The van der Waals surface area contributed by atoms with Gasteiger partial charge in [0, 0.05) is 5.69 Å². The molecular weight excluding hydrogens is 413 g/mol. The van der Waals surface area contributed by atoms with Crippen LogP contribution < -0.4 is 10.1 Å².